The van der Waals surface area contributed by atoms with Gasteiger partial charge in [0.1, 0.15) is 11.2 Å². The first-order chi connectivity index (χ1) is 10.5. The van der Waals surface area contributed by atoms with E-state index in [1.807, 2.05) is 20.8 Å². The van der Waals surface area contributed by atoms with Crippen LogP contribution < -0.4 is 5.32 Å². The fourth-order valence-corrected chi connectivity index (χ4v) is 3.92. The molecule has 0 bridgehead atoms. The van der Waals surface area contributed by atoms with Crippen molar-refractivity contribution in [1.82, 2.24) is 5.32 Å². The third kappa shape index (κ3) is 3.77. The fourth-order valence-electron chi connectivity index (χ4n) is 3.92. The summed E-state index contributed by atoms with van der Waals surface area (Å²) in [5, 5.41) is 13.4. The van der Waals surface area contributed by atoms with Crippen LogP contribution in [0.1, 0.15) is 46.5 Å². The Morgan fingerprint density at radius 3 is 2.22 bits per heavy atom. The van der Waals surface area contributed by atoms with E-state index in [-0.39, 0.29) is 11.5 Å². The minimum Gasteiger partial charge on any atom is -0.467 e. The molecule has 0 heterocycles. The van der Waals surface area contributed by atoms with Crippen LogP contribution >= 0.6 is 0 Å². The monoisotopic (exact) mass is 329 g/mol. The van der Waals surface area contributed by atoms with Crippen molar-refractivity contribution in [2.24, 2.45) is 5.41 Å². The predicted molar refractivity (Wildman–Crippen MR) is 81.8 cm³/mol. The van der Waals surface area contributed by atoms with Crippen LogP contribution in [0, 0.1) is 5.41 Å². The minimum atomic E-state index is -1.18. The number of ether oxygens (including phenoxy) is 3. The number of rotatable bonds is 4. The fraction of sp³-hybridized carbons (Fsp3) is 0.875. The van der Waals surface area contributed by atoms with Crippen molar-refractivity contribution < 1.29 is 28.9 Å². The number of methoxy groups -OCH3 is 2. The molecular formula is C16H27NO6. The van der Waals surface area contributed by atoms with Crippen LogP contribution in [0.5, 0.6) is 0 Å². The molecule has 2 aliphatic rings. The topological polar surface area (TPSA) is 94.1 Å². The molecular weight excluding hydrogens is 302 g/mol. The van der Waals surface area contributed by atoms with Gasteiger partial charge in [-0.05, 0) is 51.9 Å². The summed E-state index contributed by atoms with van der Waals surface area (Å²) in [4.78, 5) is 23.4. The summed E-state index contributed by atoms with van der Waals surface area (Å²) in [6.45, 7) is 5.45. The minimum absolute atomic E-state index is 0.0285. The first kappa shape index (κ1) is 18.0. The SMILES string of the molecule is COC(=O)C(OC)C1(O)CC2(CC(NC(=O)OC(C)(C)C)C2)C1. The second-order valence-electron chi connectivity index (χ2n) is 7.85. The number of esters is 1. The number of alkyl carbamates (subject to hydrolysis) is 1. The summed E-state index contributed by atoms with van der Waals surface area (Å²) >= 11 is 0. The number of carbonyl (C=O) groups excluding carboxylic acids is 2. The highest BCUT2D eigenvalue weighted by Gasteiger charge is 2.64. The molecule has 2 aliphatic carbocycles. The van der Waals surface area contributed by atoms with Gasteiger partial charge in [-0.15, -0.1) is 0 Å². The van der Waals surface area contributed by atoms with Crippen LogP contribution in [0.15, 0.2) is 0 Å². The number of carbonyl (C=O) groups is 2. The van der Waals surface area contributed by atoms with Gasteiger partial charge in [-0.3, -0.25) is 0 Å². The zero-order valence-corrected chi connectivity index (χ0v) is 14.5. The van der Waals surface area contributed by atoms with E-state index in [4.69, 9.17) is 9.47 Å². The molecule has 23 heavy (non-hydrogen) atoms. The highest BCUT2D eigenvalue weighted by atomic mass is 16.6. The van der Waals surface area contributed by atoms with E-state index in [0.29, 0.717) is 12.8 Å². The summed E-state index contributed by atoms with van der Waals surface area (Å²) in [6.07, 6.45) is 1.10. The molecule has 7 heteroatoms. The molecule has 0 aromatic rings. The van der Waals surface area contributed by atoms with Gasteiger partial charge in [-0.1, -0.05) is 0 Å². The summed E-state index contributed by atoms with van der Waals surface area (Å²) < 4.78 is 15.0. The smallest absolute Gasteiger partial charge is 0.407 e. The number of hydrogen-bond acceptors (Lipinski definition) is 6. The molecule has 0 aromatic carbocycles. The lowest BCUT2D eigenvalue weighted by atomic mass is 9.47. The second kappa shape index (κ2) is 5.94. The zero-order chi connectivity index (χ0) is 17.5. The van der Waals surface area contributed by atoms with Crippen LogP contribution in [0.4, 0.5) is 4.79 Å². The maximum absolute atomic E-state index is 11.7. The van der Waals surface area contributed by atoms with Gasteiger partial charge in [0, 0.05) is 13.2 Å². The largest absolute Gasteiger partial charge is 0.467 e. The van der Waals surface area contributed by atoms with Crippen molar-refractivity contribution in [2.75, 3.05) is 14.2 Å². The highest BCUT2D eigenvalue weighted by Crippen LogP contribution is 2.61. The highest BCUT2D eigenvalue weighted by molar-refractivity contribution is 5.76. The van der Waals surface area contributed by atoms with Gasteiger partial charge in [0.2, 0.25) is 0 Å². The quantitative estimate of drug-likeness (QED) is 0.757. The van der Waals surface area contributed by atoms with Crippen molar-refractivity contribution in [3.63, 3.8) is 0 Å². The van der Waals surface area contributed by atoms with E-state index in [1.54, 1.807) is 0 Å². The van der Waals surface area contributed by atoms with Crippen molar-refractivity contribution >= 4 is 12.1 Å². The lowest BCUT2D eigenvalue weighted by Crippen LogP contribution is -2.67. The van der Waals surface area contributed by atoms with Crippen LogP contribution in [0.25, 0.3) is 0 Å². The maximum Gasteiger partial charge on any atom is 0.407 e. The van der Waals surface area contributed by atoms with Gasteiger partial charge in [0.25, 0.3) is 0 Å². The molecule has 2 rings (SSSR count). The van der Waals surface area contributed by atoms with Gasteiger partial charge in [-0.2, -0.15) is 0 Å². The van der Waals surface area contributed by atoms with Gasteiger partial charge in [-0.25, -0.2) is 9.59 Å². The molecule has 7 nitrogen and oxygen atoms in total. The summed E-state index contributed by atoms with van der Waals surface area (Å²) in [5.74, 6) is -0.562. The van der Waals surface area contributed by atoms with Crippen LogP contribution in [-0.2, 0) is 19.0 Å². The van der Waals surface area contributed by atoms with E-state index < -0.39 is 29.4 Å². The number of nitrogens with one attached hydrogen (secondary N) is 1. The Hall–Kier alpha value is -1.34. The first-order valence-corrected chi connectivity index (χ1v) is 7.85. The molecule has 2 saturated carbocycles. The predicted octanol–water partition coefficient (Wildman–Crippen LogP) is 1.37. The lowest BCUT2D eigenvalue weighted by molar-refractivity contribution is -0.229. The zero-order valence-electron chi connectivity index (χ0n) is 14.5. The maximum atomic E-state index is 11.7. The van der Waals surface area contributed by atoms with Crippen molar-refractivity contribution in [3.05, 3.63) is 0 Å². The second-order valence-corrected chi connectivity index (χ2v) is 7.85. The Bertz CT molecular complexity index is 469. The standard InChI is InChI=1S/C16H27NO6/c1-14(2,3)23-13(19)17-10-6-15(7-10)8-16(20,9-15)11(21-4)12(18)22-5/h10-11,20H,6-9H2,1-5H3,(H,17,19). The van der Waals surface area contributed by atoms with Gasteiger partial charge in [0.05, 0.1) is 7.11 Å². The number of hydrogen-bond donors (Lipinski definition) is 2. The van der Waals surface area contributed by atoms with Crippen LogP contribution in [0.3, 0.4) is 0 Å². The van der Waals surface area contributed by atoms with Gasteiger partial charge < -0.3 is 24.6 Å². The van der Waals surface area contributed by atoms with E-state index in [0.717, 1.165) is 12.8 Å². The molecule has 1 spiro atoms. The molecule has 0 radical (unpaired) electrons. The Balaban J connectivity index is 1.80. The third-order valence-electron chi connectivity index (χ3n) is 4.58. The average molecular weight is 329 g/mol. The van der Waals surface area contributed by atoms with Crippen molar-refractivity contribution in [3.8, 4) is 0 Å². The number of aliphatic hydroxyl groups is 1. The Kier molecular flexibility index (Phi) is 4.65. The number of amides is 1. The van der Waals surface area contributed by atoms with Crippen LogP contribution in [0.2, 0.25) is 0 Å². The molecule has 2 N–H and O–H groups in total. The van der Waals surface area contributed by atoms with Crippen molar-refractivity contribution in [1.29, 1.82) is 0 Å². The molecule has 132 valence electrons. The summed E-state index contributed by atoms with van der Waals surface area (Å²) in [5.41, 5.74) is -1.73. The molecule has 1 amide bonds. The third-order valence-corrected chi connectivity index (χ3v) is 4.58. The molecule has 0 aliphatic heterocycles. The van der Waals surface area contributed by atoms with E-state index in [1.165, 1.54) is 14.2 Å². The molecule has 0 saturated heterocycles. The lowest BCUT2D eigenvalue weighted by Gasteiger charge is -2.62. The van der Waals surface area contributed by atoms with Gasteiger partial charge in [0.15, 0.2) is 6.10 Å². The first-order valence-electron chi connectivity index (χ1n) is 7.85. The molecule has 1 atom stereocenters. The normalized spacial score (nSPS) is 34.1. The van der Waals surface area contributed by atoms with E-state index in [2.05, 4.69) is 10.1 Å². The molecule has 1 unspecified atom stereocenters. The van der Waals surface area contributed by atoms with E-state index in [9.17, 15) is 14.7 Å². The van der Waals surface area contributed by atoms with Crippen LogP contribution in [-0.4, -0.2) is 54.7 Å². The molecule has 0 aromatic heterocycles. The average Bonchev–Trinajstić information content (AvgIpc) is 2.32. The summed E-state index contributed by atoms with van der Waals surface area (Å²) in [7, 11) is 2.66. The summed E-state index contributed by atoms with van der Waals surface area (Å²) in [6, 6.07) is 0.0496. The Labute approximate surface area is 136 Å². The molecule has 2 fully saturated rings. The Morgan fingerprint density at radius 1 is 1.22 bits per heavy atom. The van der Waals surface area contributed by atoms with Crippen molar-refractivity contribution in [2.45, 2.75) is 69.8 Å². The van der Waals surface area contributed by atoms with E-state index >= 15 is 0 Å². The van der Waals surface area contributed by atoms with Gasteiger partial charge >= 0.3 is 12.1 Å². The Morgan fingerprint density at radius 2 is 1.78 bits per heavy atom.